The Labute approximate surface area is 120 Å². The van der Waals surface area contributed by atoms with Crippen LogP contribution in [0.5, 0.6) is 5.75 Å². The van der Waals surface area contributed by atoms with Gasteiger partial charge in [-0.1, -0.05) is 25.1 Å². The standard InChI is InChI=1S/C17H22N2O/c1-4-13-7-5-6-8-16(13)19-14-9-10-15(18)17(11-14)20-12(2)3/h5-12,19H,4,18H2,1-3H3. The first-order valence-electron chi connectivity index (χ1n) is 7.01. The summed E-state index contributed by atoms with van der Waals surface area (Å²) in [5.41, 5.74) is 9.99. The molecule has 0 amide bonds. The first-order chi connectivity index (χ1) is 9.60. The van der Waals surface area contributed by atoms with Crippen LogP contribution in [0.25, 0.3) is 0 Å². The van der Waals surface area contributed by atoms with Gasteiger partial charge in [-0.2, -0.15) is 0 Å². The maximum absolute atomic E-state index is 5.93. The minimum absolute atomic E-state index is 0.107. The number of aryl methyl sites for hydroxylation is 1. The minimum Gasteiger partial charge on any atom is -0.489 e. The van der Waals surface area contributed by atoms with Crippen LogP contribution in [0.2, 0.25) is 0 Å². The first-order valence-corrected chi connectivity index (χ1v) is 7.01. The van der Waals surface area contributed by atoms with Gasteiger partial charge in [0.05, 0.1) is 11.8 Å². The number of hydrogen-bond donors (Lipinski definition) is 2. The highest BCUT2D eigenvalue weighted by molar-refractivity contribution is 5.68. The molecule has 3 nitrogen and oxygen atoms in total. The Balaban J connectivity index is 2.25. The minimum atomic E-state index is 0.107. The van der Waals surface area contributed by atoms with Crippen molar-refractivity contribution in [3.05, 3.63) is 48.0 Å². The zero-order chi connectivity index (χ0) is 14.5. The Hall–Kier alpha value is -2.16. The predicted octanol–water partition coefficient (Wildman–Crippen LogP) is 4.36. The molecule has 0 fully saturated rings. The molecular formula is C17H22N2O. The third-order valence-electron chi connectivity index (χ3n) is 3.05. The van der Waals surface area contributed by atoms with Crippen LogP contribution >= 0.6 is 0 Å². The summed E-state index contributed by atoms with van der Waals surface area (Å²) in [7, 11) is 0. The molecule has 2 rings (SSSR count). The van der Waals surface area contributed by atoms with Crippen molar-refractivity contribution in [2.45, 2.75) is 33.3 Å². The molecular weight excluding hydrogens is 248 g/mol. The van der Waals surface area contributed by atoms with Crippen molar-refractivity contribution in [1.82, 2.24) is 0 Å². The fourth-order valence-corrected chi connectivity index (χ4v) is 2.07. The summed E-state index contributed by atoms with van der Waals surface area (Å²) >= 11 is 0. The lowest BCUT2D eigenvalue weighted by Crippen LogP contribution is -2.07. The largest absolute Gasteiger partial charge is 0.489 e. The number of rotatable bonds is 5. The van der Waals surface area contributed by atoms with Crippen LogP contribution in [0.1, 0.15) is 26.3 Å². The highest BCUT2D eigenvalue weighted by atomic mass is 16.5. The zero-order valence-electron chi connectivity index (χ0n) is 12.3. The van der Waals surface area contributed by atoms with Crippen LogP contribution in [0.4, 0.5) is 17.1 Å². The number of ether oxygens (including phenoxy) is 1. The summed E-state index contributed by atoms with van der Waals surface area (Å²) < 4.78 is 5.71. The van der Waals surface area contributed by atoms with Gasteiger partial charge in [0.2, 0.25) is 0 Å². The maximum Gasteiger partial charge on any atom is 0.144 e. The van der Waals surface area contributed by atoms with Crippen molar-refractivity contribution in [2.24, 2.45) is 0 Å². The van der Waals surface area contributed by atoms with E-state index in [0.717, 1.165) is 23.5 Å². The highest BCUT2D eigenvalue weighted by Crippen LogP contribution is 2.29. The molecule has 2 aromatic carbocycles. The molecule has 0 bridgehead atoms. The molecule has 106 valence electrons. The van der Waals surface area contributed by atoms with E-state index in [1.807, 2.05) is 38.1 Å². The van der Waals surface area contributed by atoms with Crippen molar-refractivity contribution in [1.29, 1.82) is 0 Å². The number of nitrogen functional groups attached to an aromatic ring is 1. The Kier molecular flexibility index (Phi) is 4.51. The number of nitrogens with two attached hydrogens (primary N) is 1. The van der Waals surface area contributed by atoms with E-state index in [2.05, 4.69) is 30.4 Å². The van der Waals surface area contributed by atoms with Crippen LogP contribution in [0.3, 0.4) is 0 Å². The Morgan fingerprint density at radius 2 is 1.90 bits per heavy atom. The van der Waals surface area contributed by atoms with Gasteiger partial charge in [-0.3, -0.25) is 0 Å². The number of anilines is 3. The van der Waals surface area contributed by atoms with Crippen LogP contribution in [-0.4, -0.2) is 6.10 Å². The fraction of sp³-hybridized carbons (Fsp3) is 0.294. The second-order valence-corrected chi connectivity index (χ2v) is 5.05. The second kappa shape index (κ2) is 6.33. The Bertz CT molecular complexity index is 579. The molecule has 3 heteroatoms. The van der Waals surface area contributed by atoms with Gasteiger partial charge in [-0.05, 0) is 44.0 Å². The lowest BCUT2D eigenvalue weighted by atomic mass is 10.1. The molecule has 3 N–H and O–H groups in total. The maximum atomic E-state index is 5.93. The summed E-state index contributed by atoms with van der Waals surface area (Å²) in [6.07, 6.45) is 1.10. The predicted molar refractivity (Wildman–Crippen MR) is 85.7 cm³/mol. The molecule has 0 aliphatic carbocycles. The molecule has 0 radical (unpaired) electrons. The third-order valence-corrected chi connectivity index (χ3v) is 3.05. The average Bonchev–Trinajstić information content (AvgIpc) is 2.42. The van der Waals surface area contributed by atoms with E-state index in [1.165, 1.54) is 5.56 Å². The van der Waals surface area contributed by atoms with Crippen molar-refractivity contribution in [3.63, 3.8) is 0 Å². The molecule has 0 spiro atoms. The molecule has 0 aliphatic heterocycles. The van der Waals surface area contributed by atoms with Crippen molar-refractivity contribution >= 4 is 17.1 Å². The van der Waals surface area contributed by atoms with E-state index in [4.69, 9.17) is 10.5 Å². The van der Waals surface area contributed by atoms with E-state index in [1.54, 1.807) is 0 Å². The number of benzene rings is 2. The van der Waals surface area contributed by atoms with Gasteiger partial charge in [-0.25, -0.2) is 0 Å². The molecule has 0 saturated heterocycles. The molecule has 0 heterocycles. The molecule has 0 saturated carbocycles. The van der Waals surface area contributed by atoms with Gasteiger partial charge in [-0.15, -0.1) is 0 Å². The van der Waals surface area contributed by atoms with Crippen LogP contribution in [0, 0.1) is 0 Å². The van der Waals surface area contributed by atoms with Crippen molar-refractivity contribution < 1.29 is 4.74 Å². The Morgan fingerprint density at radius 3 is 2.60 bits per heavy atom. The van der Waals surface area contributed by atoms with Gasteiger partial charge in [0.15, 0.2) is 0 Å². The smallest absolute Gasteiger partial charge is 0.144 e. The molecule has 0 atom stereocenters. The zero-order valence-corrected chi connectivity index (χ0v) is 12.3. The quantitative estimate of drug-likeness (QED) is 0.793. The van der Waals surface area contributed by atoms with Crippen molar-refractivity contribution in [3.8, 4) is 5.75 Å². The van der Waals surface area contributed by atoms with Crippen molar-refractivity contribution in [2.75, 3.05) is 11.1 Å². The first kappa shape index (κ1) is 14.3. The summed E-state index contributed by atoms with van der Waals surface area (Å²) in [6.45, 7) is 6.13. The molecule has 20 heavy (non-hydrogen) atoms. The lowest BCUT2D eigenvalue weighted by Gasteiger charge is -2.15. The number of para-hydroxylation sites is 1. The third kappa shape index (κ3) is 3.44. The van der Waals surface area contributed by atoms with Gasteiger partial charge >= 0.3 is 0 Å². The monoisotopic (exact) mass is 270 g/mol. The van der Waals surface area contributed by atoms with E-state index in [0.29, 0.717) is 5.69 Å². The van der Waals surface area contributed by atoms with Gasteiger partial charge < -0.3 is 15.8 Å². The Morgan fingerprint density at radius 1 is 1.15 bits per heavy atom. The lowest BCUT2D eigenvalue weighted by molar-refractivity contribution is 0.244. The van der Waals surface area contributed by atoms with Gasteiger partial charge in [0.1, 0.15) is 5.75 Å². The van der Waals surface area contributed by atoms with E-state index in [-0.39, 0.29) is 6.10 Å². The van der Waals surface area contributed by atoms with Crippen LogP contribution in [0.15, 0.2) is 42.5 Å². The number of hydrogen-bond acceptors (Lipinski definition) is 3. The molecule has 0 unspecified atom stereocenters. The fourth-order valence-electron chi connectivity index (χ4n) is 2.07. The molecule has 2 aromatic rings. The summed E-state index contributed by atoms with van der Waals surface area (Å²) in [5, 5.41) is 3.43. The topological polar surface area (TPSA) is 47.3 Å². The average molecular weight is 270 g/mol. The van der Waals surface area contributed by atoms with Gasteiger partial charge in [0, 0.05) is 17.4 Å². The highest BCUT2D eigenvalue weighted by Gasteiger charge is 2.06. The number of nitrogens with one attached hydrogen (secondary N) is 1. The summed E-state index contributed by atoms with van der Waals surface area (Å²) in [6, 6.07) is 14.1. The normalized spacial score (nSPS) is 10.6. The molecule has 0 aromatic heterocycles. The van der Waals surface area contributed by atoms with Gasteiger partial charge in [0.25, 0.3) is 0 Å². The molecule has 0 aliphatic rings. The second-order valence-electron chi connectivity index (χ2n) is 5.05. The summed E-state index contributed by atoms with van der Waals surface area (Å²) in [5.74, 6) is 0.721. The van der Waals surface area contributed by atoms with E-state index in [9.17, 15) is 0 Å². The van der Waals surface area contributed by atoms with Crippen LogP contribution < -0.4 is 15.8 Å². The van der Waals surface area contributed by atoms with Crippen LogP contribution in [-0.2, 0) is 6.42 Å². The van der Waals surface area contributed by atoms with E-state index < -0.39 is 0 Å². The van der Waals surface area contributed by atoms with E-state index >= 15 is 0 Å². The summed E-state index contributed by atoms with van der Waals surface area (Å²) in [4.78, 5) is 0. The SMILES string of the molecule is CCc1ccccc1Nc1ccc(N)c(OC(C)C)c1.